The lowest BCUT2D eigenvalue weighted by molar-refractivity contribution is -0.323. The third kappa shape index (κ3) is 8.46. The number of carbonyl (C=O) groups is 2. The van der Waals surface area contributed by atoms with Crippen molar-refractivity contribution < 1.29 is 79.6 Å². The lowest BCUT2D eigenvalue weighted by Gasteiger charge is -2.43. The molecule has 14 atom stereocenters. The van der Waals surface area contributed by atoms with E-state index >= 15 is 0 Å². The van der Waals surface area contributed by atoms with Gasteiger partial charge in [-0.05, 0) is 0 Å². The number of carbonyl (C=O) groups excluding carboxylic acids is 2. The molecule has 2 rings (SSSR count). The summed E-state index contributed by atoms with van der Waals surface area (Å²) in [6.07, 6.45) is -20.5. The zero-order valence-electron chi connectivity index (χ0n) is 21.8. The molecule has 12 N–H and O–H groups in total. The summed E-state index contributed by atoms with van der Waals surface area (Å²) < 4.78 is 21.6. The van der Waals surface area contributed by atoms with Crippen molar-refractivity contribution >= 4 is 11.8 Å². The summed E-state index contributed by atoms with van der Waals surface area (Å²) in [7, 11) is 0. The van der Waals surface area contributed by atoms with Crippen LogP contribution >= 0.6 is 0 Å². The molecule has 0 aliphatic carbocycles. The summed E-state index contributed by atoms with van der Waals surface area (Å²) in [6.45, 7) is -0.985. The monoisotopic (exact) mass is 588 g/mol. The number of hydrogen-bond acceptors (Lipinski definition) is 16. The third-order valence-electron chi connectivity index (χ3n) is 6.53. The van der Waals surface area contributed by atoms with Crippen molar-refractivity contribution in [2.45, 2.75) is 99.6 Å². The van der Waals surface area contributed by atoms with Crippen molar-refractivity contribution in [1.82, 2.24) is 10.6 Å². The number of hydrogen-bond donors (Lipinski definition) is 12. The number of aliphatic hydroxyl groups excluding tert-OH is 10. The minimum Gasteiger partial charge on any atom is -0.394 e. The van der Waals surface area contributed by atoms with Gasteiger partial charge in [-0.1, -0.05) is 0 Å². The van der Waals surface area contributed by atoms with Crippen molar-refractivity contribution in [1.29, 1.82) is 0 Å². The van der Waals surface area contributed by atoms with E-state index in [9.17, 15) is 60.7 Å². The van der Waals surface area contributed by atoms with Crippen molar-refractivity contribution in [2.75, 3.05) is 26.4 Å². The fourth-order valence-corrected chi connectivity index (χ4v) is 4.36. The van der Waals surface area contributed by atoms with E-state index in [1.54, 1.807) is 0 Å². The van der Waals surface area contributed by atoms with Crippen LogP contribution in [0.25, 0.3) is 0 Å². The molecule has 0 saturated carbocycles. The molecule has 2 aliphatic heterocycles. The minimum absolute atomic E-state index is 0.634. The van der Waals surface area contributed by atoms with Crippen molar-refractivity contribution in [3.8, 4) is 0 Å². The van der Waals surface area contributed by atoms with E-state index in [0.29, 0.717) is 0 Å². The zero-order chi connectivity index (χ0) is 30.3. The average molecular weight is 589 g/mol. The Morgan fingerprint density at radius 2 is 1.35 bits per heavy atom. The number of aliphatic hydroxyl groups is 10. The maximum absolute atomic E-state index is 11.7. The van der Waals surface area contributed by atoms with Gasteiger partial charge in [-0.3, -0.25) is 9.59 Å². The van der Waals surface area contributed by atoms with Gasteiger partial charge in [0.2, 0.25) is 11.8 Å². The summed E-state index contributed by atoms with van der Waals surface area (Å²) in [5.74, 6) is -1.32. The van der Waals surface area contributed by atoms with Gasteiger partial charge in [-0.15, -0.1) is 0 Å². The maximum Gasteiger partial charge on any atom is 0.217 e. The first-order valence-corrected chi connectivity index (χ1v) is 12.5. The zero-order valence-corrected chi connectivity index (χ0v) is 21.8. The molecule has 40 heavy (non-hydrogen) atoms. The van der Waals surface area contributed by atoms with Gasteiger partial charge < -0.3 is 80.6 Å². The Bertz CT molecular complexity index is 807. The van der Waals surface area contributed by atoms with Crippen LogP contribution in [-0.4, -0.2) is 175 Å². The first kappa shape index (κ1) is 34.6. The molecule has 2 heterocycles. The number of nitrogens with one attached hydrogen (secondary N) is 2. The van der Waals surface area contributed by atoms with Gasteiger partial charge in [0, 0.05) is 13.8 Å². The van der Waals surface area contributed by atoms with E-state index in [2.05, 4.69) is 10.6 Å². The Kier molecular flexibility index (Phi) is 13.5. The lowest BCUT2D eigenvalue weighted by atomic mass is 9.96. The van der Waals surface area contributed by atoms with Gasteiger partial charge in [0.15, 0.2) is 12.6 Å². The van der Waals surface area contributed by atoms with Gasteiger partial charge in [-0.25, -0.2) is 0 Å². The summed E-state index contributed by atoms with van der Waals surface area (Å²) in [5, 5.41) is 106. The van der Waals surface area contributed by atoms with Gasteiger partial charge in [-0.2, -0.15) is 0 Å². The highest BCUT2D eigenvalue weighted by atomic mass is 16.7. The SMILES string of the molecule is CC(=O)N[C@@H](CO)[C@@H](O[C@@H]1O[C@H](CO)[C@H](O)[C@H](O)[C@H]1O)[C@@H](O)[C@H](O)COC1O[C@H](CO)[C@@H](O)[C@H](O)[C@H]1NC(C)=O. The molecular weight excluding hydrogens is 548 g/mol. The average Bonchev–Trinajstić information content (AvgIpc) is 2.91. The number of amides is 2. The van der Waals surface area contributed by atoms with Gasteiger partial charge in [0.25, 0.3) is 0 Å². The van der Waals surface area contributed by atoms with Crippen LogP contribution in [0.3, 0.4) is 0 Å². The van der Waals surface area contributed by atoms with E-state index in [4.69, 9.17) is 18.9 Å². The smallest absolute Gasteiger partial charge is 0.217 e. The van der Waals surface area contributed by atoms with E-state index in [1.165, 1.54) is 0 Å². The number of ether oxygens (including phenoxy) is 4. The number of rotatable bonds is 13. The van der Waals surface area contributed by atoms with E-state index < -0.39 is 124 Å². The maximum atomic E-state index is 11.7. The molecule has 18 nitrogen and oxygen atoms in total. The van der Waals surface area contributed by atoms with E-state index in [-0.39, 0.29) is 0 Å². The normalized spacial score (nSPS) is 37.7. The molecule has 0 aromatic heterocycles. The molecule has 0 spiro atoms. The minimum atomic E-state index is -2.02. The largest absolute Gasteiger partial charge is 0.394 e. The van der Waals surface area contributed by atoms with Crippen LogP contribution in [0.5, 0.6) is 0 Å². The molecule has 0 aromatic carbocycles. The first-order chi connectivity index (χ1) is 18.8. The predicted octanol–water partition coefficient (Wildman–Crippen LogP) is -7.65. The second kappa shape index (κ2) is 15.6. The summed E-state index contributed by atoms with van der Waals surface area (Å²) in [4.78, 5) is 23.3. The Balaban J connectivity index is 2.22. The summed E-state index contributed by atoms with van der Waals surface area (Å²) >= 11 is 0. The third-order valence-corrected chi connectivity index (χ3v) is 6.53. The van der Waals surface area contributed by atoms with Crippen LogP contribution < -0.4 is 10.6 Å². The molecule has 2 amide bonds. The molecular formula is C22H40N2O16. The molecule has 1 unspecified atom stereocenters. The Labute approximate surface area is 228 Å². The second-order valence-electron chi connectivity index (χ2n) is 9.61. The van der Waals surface area contributed by atoms with Crippen LogP contribution in [-0.2, 0) is 28.5 Å². The standard InChI is InChI=1S/C22H40N2O16/c1-7(28)23-9(3-25)20(40-22-19(36)18(35)16(33)12(5-27)39-22)14(31)10(30)6-37-21-13(24-8(2)29)17(34)15(32)11(4-26)38-21/h9-22,25-27,30-36H,3-6H2,1-2H3,(H,23,28)(H,24,29)/t9-,10+,11+,12+,13+,14-,15+,16-,17+,18-,19+,20+,21?,22-/m0/s1. The summed E-state index contributed by atoms with van der Waals surface area (Å²) in [6, 6.07) is -2.78. The highest BCUT2D eigenvalue weighted by Gasteiger charge is 2.48. The van der Waals surface area contributed by atoms with E-state index in [0.717, 1.165) is 13.8 Å². The Hall–Kier alpha value is -1.62. The van der Waals surface area contributed by atoms with Crippen molar-refractivity contribution in [3.05, 3.63) is 0 Å². The van der Waals surface area contributed by atoms with Gasteiger partial charge in [0.05, 0.1) is 32.5 Å². The highest BCUT2D eigenvalue weighted by molar-refractivity contribution is 5.73. The predicted molar refractivity (Wildman–Crippen MR) is 127 cm³/mol. The highest BCUT2D eigenvalue weighted by Crippen LogP contribution is 2.26. The molecule has 0 radical (unpaired) electrons. The molecule has 0 bridgehead atoms. The topological polar surface area (TPSA) is 297 Å². The Morgan fingerprint density at radius 1 is 0.800 bits per heavy atom. The van der Waals surface area contributed by atoms with Crippen molar-refractivity contribution in [2.24, 2.45) is 0 Å². The molecule has 2 aliphatic rings. The van der Waals surface area contributed by atoms with Crippen LogP contribution in [0.2, 0.25) is 0 Å². The second-order valence-corrected chi connectivity index (χ2v) is 9.61. The van der Waals surface area contributed by atoms with Crippen LogP contribution in [0, 0.1) is 0 Å². The molecule has 18 heteroatoms. The van der Waals surface area contributed by atoms with Crippen LogP contribution in [0.1, 0.15) is 13.8 Å². The molecule has 2 fully saturated rings. The first-order valence-electron chi connectivity index (χ1n) is 12.5. The lowest BCUT2D eigenvalue weighted by Crippen LogP contribution is -2.65. The van der Waals surface area contributed by atoms with Crippen LogP contribution in [0.15, 0.2) is 0 Å². The summed E-state index contributed by atoms with van der Waals surface area (Å²) in [5.41, 5.74) is 0. The van der Waals surface area contributed by atoms with Crippen molar-refractivity contribution in [3.63, 3.8) is 0 Å². The van der Waals surface area contributed by atoms with E-state index in [1.807, 2.05) is 0 Å². The van der Waals surface area contributed by atoms with Gasteiger partial charge >= 0.3 is 0 Å². The van der Waals surface area contributed by atoms with Gasteiger partial charge in [0.1, 0.15) is 67.1 Å². The molecule has 0 aromatic rings. The Morgan fingerprint density at radius 3 is 1.85 bits per heavy atom. The molecule has 234 valence electrons. The fraction of sp³-hybridized carbons (Fsp3) is 0.909. The quantitative estimate of drug-likeness (QED) is 0.0950. The van der Waals surface area contributed by atoms with Crippen LogP contribution in [0.4, 0.5) is 0 Å². The molecule has 2 saturated heterocycles. The fourth-order valence-electron chi connectivity index (χ4n) is 4.36.